The van der Waals surface area contributed by atoms with Crippen LogP contribution in [0.15, 0.2) is 83.9 Å². The average Bonchev–Trinajstić information content (AvgIpc) is 3.31. The molecule has 0 atom stereocenters. The molecule has 1 heterocycles. The minimum Gasteiger partial charge on any atom is -0.497 e. The molecule has 0 fully saturated rings. The van der Waals surface area contributed by atoms with Crippen LogP contribution in [-0.4, -0.2) is 34.0 Å². The highest BCUT2D eigenvalue weighted by atomic mass is 32.1. The van der Waals surface area contributed by atoms with E-state index in [9.17, 15) is 14.4 Å². The van der Waals surface area contributed by atoms with E-state index in [0.29, 0.717) is 22.6 Å². The standard InChI is InChI=1S/C25H21N5O4S/c1-34-20-13-9-18(10-14-20)23(32)28-25-21(24(33)27-15-16-5-3-2-4-6-16)29-30(35-25)19-11-7-17(8-12-19)22(26)31/h2-14H,15H2,1H3,(H2,26,31)(H,27,33). The summed E-state index contributed by atoms with van der Waals surface area (Å²) in [4.78, 5) is 41.4. The number of hydrogen-bond acceptors (Lipinski definition) is 6. The first-order chi connectivity index (χ1) is 16.9. The number of nitrogens with one attached hydrogen (secondary N) is 1. The lowest BCUT2D eigenvalue weighted by Crippen LogP contribution is -2.28. The molecule has 0 spiro atoms. The predicted molar refractivity (Wildman–Crippen MR) is 130 cm³/mol. The van der Waals surface area contributed by atoms with Gasteiger partial charge in [0.05, 0.1) is 12.8 Å². The summed E-state index contributed by atoms with van der Waals surface area (Å²) >= 11 is 1.02. The van der Waals surface area contributed by atoms with Crippen LogP contribution in [0.25, 0.3) is 5.69 Å². The van der Waals surface area contributed by atoms with Gasteiger partial charge in [0.25, 0.3) is 11.8 Å². The lowest BCUT2D eigenvalue weighted by atomic mass is 10.2. The van der Waals surface area contributed by atoms with E-state index in [4.69, 9.17) is 10.5 Å². The zero-order valence-electron chi connectivity index (χ0n) is 18.7. The Morgan fingerprint density at radius 3 is 2.26 bits per heavy atom. The highest BCUT2D eigenvalue weighted by Gasteiger charge is 2.17. The monoisotopic (exact) mass is 487 g/mol. The van der Waals surface area contributed by atoms with Gasteiger partial charge in [-0.25, -0.2) is 0 Å². The average molecular weight is 488 g/mol. The van der Waals surface area contributed by atoms with Crippen LogP contribution in [0.5, 0.6) is 5.75 Å². The van der Waals surface area contributed by atoms with Crippen molar-refractivity contribution < 1.29 is 19.1 Å². The van der Waals surface area contributed by atoms with Crippen LogP contribution in [0.4, 0.5) is 0 Å². The summed E-state index contributed by atoms with van der Waals surface area (Å²) in [6.45, 7) is 0.288. The van der Waals surface area contributed by atoms with E-state index < -0.39 is 17.7 Å². The fourth-order valence-electron chi connectivity index (χ4n) is 3.11. The Bertz CT molecular complexity index is 1430. The maximum atomic E-state index is 13.0. The SMILES string of the molecule is COc1ccc(C(=O)N=c2sn(-c3ccc(C(N)=O)cc3)nc2C(=O)NCc2ccccc2)cc1. The van der Waals surface area contributed by atoms with Crippen molar-refractivity contribution in [3.05, 3.63) is 106 Å². The second-order valence-electron chi connectivity index (χ2n) is 7.34. The molecule has 0 aliphatic rings. The predicted octanol–water partition coefficient (Wildman–Crippen LogP) is 2.71. The second-order valence-corrected chi connectivity index (χ2v) is 8.26. The fourth-order valence-corrected chi connectivity index (χ4v) is 3.97. The molecule has 0 aliphatic heterocycles. The molecule has 0 bridgehead atoms. The molecule has 0 aliphatic carbocycles. The maximum absolute atomic E-state index is 13.0. The number of nitrogens with two attached hydrogens (primary N) is 1. The van der Waals surface area contributed by atoms with Gasteiger partial charge in [-0.05, 0) is 65.6 Å². The van der Waals surface area contributed by atoms with Gasteiger partial charge in [-0.15, -0.1) is 5.10 Å². The minimum atomic E-state index is -0.553. The number of methoxy groups -OCH3 is 1. The number of benzene rings is 3. The Hall–Kier alpha value is -4.57. The van der Waals surface area contributed by atoms with Gasteiger partial charge in [-0.3, -0.25) is 14.4 Å². The van der Waals surface area contributed by atoms with Crippen LogP contribution in [0, 0.1) is 0 Å². The number of aromatic nitrogens is 2. The van der Waals surface area contributed by atoms with E-state index in [1.54, 1.807) is 48.5 Å². The van der Waals surface area contributed by atoms with Crippen molar-refractivity contribution in [2.24, 2.45) is 10.7 Å². The lowest BCUT2D eigenvalue weighted by Gasteiger charge is -2.03. The highest BCUT2D eigenvalue weighted by molar-refractivity contribution is 7.04. The molecule has 3 N–H and O–H groups in total. The molecule has 176 valence electrons. The van der Waals surface area contributed by atoms with E-state index in [1.165, 1.54) is 11.2 Å². The van der Waals surface area contributed by atoms with Gasteiger partial charge in [0, 0.05) is 17.7 Å². The van der Waals surface area contributed by atoms with Crippen molar-refractivity contribution in [2.45, 2.75) is 6.54 Å². The van der Waals surface area contributed by atoms with E-state index >= 15 is 0 Å². The largest absolute Gasteiger partial charge is 0.497 e. The molecule has 10 heteroatoms. The summed E-state index contributed by atoms with van der Waals surface area (Å²) in [5.74, 6) is -0.941. The van der Waals surface area contributed by atoms with Gasteiger partial charge in [-0.1, -0.05) is 30.3 Å². The van der Waals surface area contributed by atoms with Gasteiger partial charge in [-0.2, -0.15) is 9.06 Å². The maximum Gasteiger partial charge on any atom is 0.278 e. The molecule has 4 rings (SSSR count). The van der Waals surface area contributed by atoms with Crippen molar-refractivity contribution >= 4 is 29.3 Å². The van der Waals surface area contributed by atoms with Crippen LogP contribution in [0.1, 0.15) is 36.8 Å². The fraction of sp³-hybridized carbons (Fsp3) is 0.0800. The summed E-state index contributed by atoms with van der Waals surface area (Å²) < 4.78 is 6.73. The Morgan fingerprint density at radius 1 is 0.971 bits per heavy atom. The molecule has 3 amide bonds. The van der Waals surface area contributed by atoms with Gasteiger partial charge in [0.2, 0.25) is 5.91 Å². The summed E-state index contributed by atoms with van der Waals surface area (Å²) in [7, 11) is 1.54. The van der Waals surface area contributed by atoms with Crippen molar-refractivity contribution in [3.8, 4) is 11.4 Å². The Morgan fingerprint density at radius 2 is 1.63 bits per heavy atom. The first-order valence-electron chi connectivity index (χ1n) is 10.5. The van der Waals surface area contributed by atoms with E-state index in [-0.39, 0.29) is 16.9 Å². The Kier molecular flexibility index (Phi) is 7.12. The molecule has 1 aromatic heterocycles. The molecule has 9 nitrogen and oxygen atoms in total. The quantitative estimate of drug-likeness (QED) is 0.414. The van der Waals surface area contributed by atoms with E-state index in [2.05, 4.69) is 15.4 Å². The van der Waals surface area contributed by atoms with Crippen LogP contribution < -0.4 is 20.5 Å². The number of nitrogens with zero attached hydrogens (tertiary/aromatic N) is 3. The van der Waals surface area contributed by atoms with Gasteiger partial charge in [0.1, 0.15) is 5.75 Å². The second kappa shape index (κ2) is 10.6. The van der Waals surface area contributed by atoms with Crippen molar-refractivity contribution in [1.82, 2.24) is 14.5 Å². The summed E-state index contributed by atoms with van der Waals surface area (Å²) in [6, 6.07) is 22.3. The summed E-state index contributed by atoms with van der Waals surface area (Å²) in [5, 5.41) is 7.20. The van der Waals surface area contributed by atoms with Crippen LogP contribution in [0.3, 0.4) is 0 Å². The van der Waals surface area contributed by atoms with Gasteiger partial charge < -0.3 is 15.8 Å². The molecule has 0 radical (unpaired) electrons. The normalized spacial score (nSPS) is 11.2. The number of hydrogen-bond donors (Lipinski definition) is 2. The number of amides is 3. The topological polar surface area (TPSA) is 129 Å². The van der Waals surface area contributed by atoms with Crippen LogP contribution in [-0.2, 0) is 6.54 Å². The molecule has 0 saturated heterocycles. The molecular formula is C25H21N5O4S. The van der Waals surface area contributed by atoms with Crippen LogP contribution >= 0.6 is 11.5 Å². The van der Waals surface area contributed by atoms with Crippen molar-refractivity contribution in [3.63, 3.8) is 0 Å². The third-order valence-electron chi connectivity index (χ3n) is 4.99. The number of carbonyl (C=O) groups is 3. The van der Waals surface area contributed by atoms with Crippen molar-refractivity contribution in [2.75, 3.05) is 7.11 Å². The third-order valence-corrected chi connectivity index (χ3v) is 5.91. The Labute approximate surface area is 204 Å². The molecular weight excluding hydrogens is 466 g/mol. The van der Waals surface area contributed by atoms with Crippen LogP contribution in [0.2, 0.25) is 0 Å². The molecule has 0 saturated carbocycles. The minimum absolute atomic E-state index is 0.00627. The Balaban J connectivity index is 1.69. The molecule has 3 aromatic carbocycles. The smallest absolute Gasteiger partial charge is 0.278 e. The lowest BCUT2D eigenvalue weighted by molar-refractivity contribution is 0.0943. The number of primary amides is 1. The molecule has 0 unspecified atom stereocenters. The zero-order valence-corrected chi connectivity index (χ0v) is 19.5. The van der Waals surface area contributed by atoms with E-state index in [0.717, 1.165) is 17.1 Å². The zero-order chi connectivity index (χ0) is 24.8. The van der Waals surface area contributed by atoms with Gasteiger partial charge >= 0.3 is 0 Å². The summed E-state index contributed by atoms with van der Waals surface area (Å²) in [5.41, 5.74) is 7.49. The van der Waals surface area contributed by atoms with E-state index in [1.807, 2.05) is 30.3 Å². The number of ether oxygens (including phenoxy) is 1. The molecule has 35 heavy (non-hydrogen) atoms. The number of rotatable bonds is 7. The van der Waals surface area contributed by atoms with Crippen molar-refractivity contribution in [1.29, 1.82) is 0 Å². The summed E-state index contributed by atoms with van der Waals surface area (Å²) in [6.07, 6.45) is 0. The molecule has 4 aromatic rings. The first-order valence-corrected chi connectivity index (χ1v) is 11.3. The number of carbonyl (C=O) groups excluding carboxylic acids is 3. The highest BCUT2D eigenvalue weighted by Crippen LogP contribution is 2.13. The third kappa shape index (κ3) is 5.68. The van der Waals surface area contributed by atoms with Gasteiger partial charge in [0.15, 0.2) is 10.4 Å². The first kappa shape index (κ1) is 23.6.